The normalized spacial score (nSPS) is 27.3. The molecule has 2 saturated heterocycles. The molecule has 0 aromatic rings. The Balaban J connectivity index is 1.89. The molecule has 0 radical (unpaired) electrons. The third-order valence-corrected chi connectivity index (χ3v) is 10.4. The minimum atomic E-state index is -1.78. The van der Waals surface area contributed by atoms with Crippen molar-refractivity contribution in [1.29, 1.82) is 0 Å². The summed E-state index contributed by atoms with van der Waals surface area (Å²) in [5.41, 5.74) is 0. The van der Waals surface area contributed by atoms with Crippen LogP contribution in [-0.2, 0) is 38.0 Å². The zero-order valence-corrected chi connectivity index (χ0v) is 38.4. The number of esters is 2. The van der Waals surface area contributed by atoms with E-state index in [4.69, 9.17) is 28.4 Å². The maximum atomic E-state index is 12.9. The molecule has 2 rings (SSSR count). The average Bonchev–Trinajstić information content (AvgIpc) is 3.30. The van der Waals surface area contributed by atoms with E-state index in [-0.39, 0.29) is 19.4 Å². The highest BCUT2D eigenvalue weighted by atomic mass is 16.7. The summed E-state index contributed by atoms with van der Waals surface area (Å²) < 4.78 is 33.4. The summed E-state index contributed by atoms with van der Waals surface area (Å²) in [5.74, 6) is -1.06. The van der Waals surface area contributed by atoms with E-state index in [0.29, 0.717) is 12.8 Å². The lowest BCUT2D eigenvalue weighted by atomic mass is 9.98. The summed E-state index contributed by atoms with van der Waals surface area (Å²) in [5, 5.41) is 71.9. The molecule has 2 heterocycles. The number of carbonyl (C=O) groups excluding carboxylic acids is 2. The van der Waals surface area contributed by atoms with E-state index >= 15 is 0 Å². The van der Waals surface area contributed by atoms with Crippen molar-refractivity contribution in [2.75, 3.05) is 26.4 Å². The monoisotopic (exact) mass is 919 g/mol. The molecule has 11 atom stereocenters. The molecule has 0 amide bonds. The van der Waals surface area contributed by atoms with Gasteiger partial charge in [0.05, 0.1) is 19.8 Å². The Morgan fingerprint density at radius 3 is 1.65 bits per heavy atom. The van der Waals surface area contributed by atoms with E-state index in [1.165, 1.54) is 0 Å². The van der Waals surface area contributed by atoms with Gasteiger partial charge in [-0.25, -0.2) is 0 Å². The summed E-state index contributed by atoms with van der Waals surface area (Å²) in [6.45, 7) is 2.19. The number of allylic oxidation sites excluding steroid dienone is 16. The molecule has 0 aromatic carbocycles. The summed E-state index contributed by atoms with van der Waals surface area (Å²) in [7, 11) is 0. The van der Waals surface area contributed by atoms with E-state index in [9.17, 15) is 45.3 Å². The quantitative estimate of drug-likeness (QED) is 0.0189. The molecule has 0 bridgehead atoms. The van der Waals surface area contributed by atoms with Gasteiger partial charge < -0.3 is 64.2 Å². The lowest BCUT2D eigenvalue weighted by Gasteiger charge is -2.42. The van der Waals surface area contributed by atoms with Crippen LogP contribution in [0.4, 0.5) is 0 Å². The molecular formula is C50H78O15. The molecule has 7 N–H and O–H groups in total. The van der Waals surface area contributed by atoms with Gasteiger partial charge in [0, 0.05) is 12.8 Å². The summed E-state index contributed by atoms with van der Waals surface area (Å²) >= 11 is 0. The van der Waals surface area contributed by atoms with Crippen molar-refractivity contribution in [2.45, 2.75) is 178 Å². The van der Waals surface area contributed by atoms with Gasteiger partial charge >= 0.3 is 11.9 Å². The molecule has 0 aliphatic carbocycles. The molecule has 0 spiro atoms. The molecule has 2 aliphatic heterocycles. The maximum absolute atomic E-state index is 12.9. The molecule has 2 aliphatic rings. The van der Waals surface area contributed by atoms with Crippen LogP contribution in [0.2, 0.25) is 0 Å². The van der Waals surface area contributed by atoms with Gasteiger partial charge in [-0.05, 0) is 64.2 Å². The number of carbonyl (C=O) groups is 2. The van der Waals surface area contributed by atoms with Crippen molar-refractivity contribution < 1.29 is 73.8 Å². The van der Waals surface area contributed by atoms with Gasteiger partial charge in [0.15, 0.2) is 18.7 Å². The van der Waals surface area contributed by atoms with Crippen molar-refractivity contribution in [3.05, 3.63) is 97.2 Å². The Bertz CT molecular complexity index is 1500. The number of hydrogen-bond acceptors (Lipinski definition) is 15. The third-order valence-electron chi connectivity index (χ3n) is 10.4. The second-order valence-electron chi connectivity index (χ2n) is 15.9. The fraction of sp³-hybridized carbons (Fsp3) is 0.640. The highest BCUT2D eigenvalue weighted by Gasteiger charge is 2.47. The van der Waals surface area contributed by atoms with Crippen LogP contribution in [0.5, 0.6) is 0 Å². The zero-order valence-electron chi connectivity index (χ0n) is 38.4. The molecular weight excluding hydrogens is 841 g/mol. The topological polar surface area (TPSA) is 231 Å². The van der Waals surface area contributed by atoms with Crippen LogP contribution in [-0.4, -0.2) is 142 Å². The molecule has 0 saturated carbocycles. The molecule has 368 valence electrons. The van der Waals surface area contributed by atoms with Crippen molar-refractivity contribution in [3.8, 4) is 0 Å². The lowest BCUT2D eigenvalue weighted by molar-refractivity contribution is -0.332. The first-order valence-electron chi connectivity index (χ1n) is 23.4. The third kappa shape index (κ3) is 25.2. The van der Waals surface area contributed by atoms with Crippen LogP contribution in [0, 0.1) is 0 Å². The van der Waals surface area contributed by atoms with Crippen LogP contribution in [0.1, 0.15) is 110 Å². The maximum Gasteiger partial charge on any atom is 0.306 e. The van der Waals surface area contributed by atoms with Crippen LogP contribution in [0.3, 0.4) is 0 Å². The number of aliphatic hydroxyl groups is 7. The lowest BCUT2D eigenvalue weighted by Crippen LogP contribution is -2.61. The SMILES string of the molecule is CC/C=C/C=C/C=C/CCCCCCCC(=O)OC(COC(=O)CC/C=C/C/C=C/C/C=C/C/C=C/C/C=C/CC)CO[C@@H]1O[C@H](CO[C@@H]2O[C@H](CO)[C@H](O)C(O)C2O)[C@H](O)C(O)C1O. The zero-order chi connectivity index (χ0) is 47.5. The summed E-state index contributed by atoms with van der Waals surface area (Å²) in [6.07, 6.45) is 27.5. The van der Waals surface area contributed by atoms with Gasteiger partial charge in [0.25, 0.3) is 0 Å². The van der Waals surface area contributed by atoms with Crippen LogP contribution in [0.25, 0.3) is 0 Å². The second kappa shape index (κ2) is 36.5. The average molecular weight is 919 g/mol. The first-order valence-corrected chi connectivity index (χ1v) is 23.4. The van der Waals surface area contributed by atoms with Crippen molar-refractivity contribution in [1.82, 2.24) is 0 Å². The number of hydrogen-bond donors (Lipinski definition) is 7. The molecule has 0 aromatic heterocycles. The van der Waals surface area contributed by atoms with Crippen LogP contribution < -0.4 is 0 Å². The highest BCUT2D eigenvalue weighted by Crippen LogP contribution is 2.26. The number of aliphatic hydroxyl groups excluding tert-OH is 7. The predicted molar refractivity (Wildman–Crippen MR) is 247 cm³/mol. The Labute approximate surface area is 386 Å². The Hall–Kier alpha value is -3.58. The fourth-order valence-corrected chi connectivity index (χ4v) is 6.56. The molecule has 15 nitrogen and oxygen atoms in total. The van der Waals surface area contributed by atoms with Crippen LogP contribution in [0.15, 0.2) is 97.2 Å². The van der Waals surface area contributed by atoms with Gasteiger partial charge in [-0.2, -0.15) is 0 Å². The second-order valence-corrected chi connectivity index (χ2v) is 15.9. The molecule has 65 heavy (non-hydrogen) atoms. The van der Waals surface area contributed by atoms with E-state index in [2.05, 4.69) is 74.6 Å². The van der Waals surface area contributed by atoms with Crippen molar-refractivity contribution in [3.63, 3.8) is 0 Å². The standard InChI is InChI=1S/C50H78O15/c1-3-5-7-9-11-13-15-17-18-19-21-22-24-26-28-30-32-41(52)60-35-38(63-42(53)33-31-29-27-25-23-20-16-14-12-10-8-6-4-2)36-61-49-48(59)46(57)44(55)40(65-49)37-62-50-47(58)45(56)43(54)39(34-51)64-50/h5-8,10-14,16-18,21-22,26,28,38-40,43-51,54-59H,3-4,9,15,19-20,23-25,27,29-37H2,1-2H3/b7-5+,8-6+,12-10+,13-11+,16-14+,18-17+,22-21+,28-26+/t38?,39-,40-,43+,44+,45?,46?,47?,48?,49-,50-/m1/s1. The largest absolute Gasteiger partial charge is 0.462 e. The van der Waals surface area contributed by atoms with Gasteiger partial charge in [-0.3, -0.25) is 9.59 Å². The van der Waals surface area contributed by atoms with E-state index < -0.39 is 99.3 Å². The number of rotatable bonds is 33. The van der Waals surface area contributed by atoms with Crippen molar-refractivity contribution in [2.24, 2.45) is 0 Å². The van der Waals surface area contributed by atoms with Crippen LogP contribution >= 0.6 is 0 Å². The smallest absolute Gasteiger partial charge is 0.306 e. The van der Waals surface area contributed by atoms with E-state index in [1.54, 1.807) is 0 Å². The Morgan fingerprint density at radius 2 is 1.03 bits per heavy atom. The Kier molecular flexibility index (Phi) is 32.3. The fourth-order valence-electron chi connectivity index (χ4n) is 6.56. The molecule has 2 fully saturated rings. The van der Waals surface area contributed by atoms with Gasteiger partial charge in [-0.15, -0.1) is 0 Å². The van der Waals surface area contributed by atoms with Crippen molar-refractivity contribution >= 4 is 11.9 Å². The molecule has 15 heteroatoms. The van der Waals surface area contributed by atoms with Gasteiger partial charge in [0.2, 0.25) is 0 Å². The number of ether oxygens (including phenoxy) is 6. The van der Waals surface area contributed by atoms with Gasteiger partial charge in [0.1, 0.15) is 55.4 Å². The number of unbranched alkanes of at least 4 members (excludes halogenated alkanes) is 5. The molecule has 5 unspecified atom stereocenters. The minimum absolute atomic E-state index is 0.0830. The Morgan fingerprint density at radius 1 is 0.508 bits per heavy atom. The summed E-state index contributed by atoms with van der Waals surface area (Å²) in [4.78, 5) is 25.6. The van der Waals surface area contributed by atoms with Gasteiger partial charge in [-0.1, -0.05) is 130 Å². The van der Waals surface area contributed by atoms with E-state index in [1.807, 2.05) is 36.5 Å². The van der Waals surface area contributed by atoms with E-state index in [0.717, 1.165) is 70.6 Å². The first kappa shape index (κ1) is 57.5. The highest BCUT2D eigenvalue weighted by molar-refractivity contribution is 5.70. The minimum Gasteiger partial charge on any atom is -0.462 e. The first-order chi connectivity index (χ1) is 31.5. The predicted octanol–water partition coefficient (Wildman–Crippen LogP) is 5.42. The summed E-state index contributed by atoms with van der Waals surface area (Å²) in [6, 6.07) is 0.